The average Bonchev–Trinajstić information content (AvgIpc) is 3.45. The Kier molecular flexibility index (Phi) is 7.65. The molecule has 0 spiro atoms. The Hall–Kier alpha value is -5.24. The van der Waals surface area contributed by atoms with Crippen LogP contribution in [0.4, 0.5) is 18.9 Å². The SMILES string of the molecule is O=[N+]([O-])c1cc(-c2nnn(C3C=CC(C(F)(F)F)=CN3O)n2)cc(OCc2ccccc2)c1OCc1ccccc1. The first-order valence-corrected chi connectivity index (χ1v) is 12.1. The maximum atomic E-state index is 13.0. The zero-order chi connectivity index (χ0) is 29.0. The van der Waals surface area contributed by atoms with Crippen LogP contribution in [0.5, 0.6) is 11.5 Å². The summed E-state index contributed by atoms with van der Waals surface area (Å²) < 4.78 is 50.8. The molecule has 0 saturated heterocycles. The van der Waals surface area contributed by atoms with E-state index in [4.69, 9.17) is 9.47 Å². The number of allylic oxidation sites excluding steroid dienone is 2. The van der Waals surface area contributed by atoms with Gasteiger partial charge in [0.25, 0.3) is 0 Å². The number of halogens is 3. The molecule has 0 bridgehead atoms. The number of rotatable bonds is 9. The lowest BCUT2D eigenvalue weighted by atomic mass is 10.1. The van der Waals surface area contributed by atoms with Crippen LogP contribution in [0.2, 0.25) is 0 Å². The standard InChI is InChI=1S/C27H21F3N6O5/c28-27(29,30)21-11-12-24(34(37)15-21)35-32-26(31-33-35)20-13-22(36(38)39)25(41-17-19-9-5-2-6-10-19)23(14-20)40-16-18-7-3-1-4-8-18/h1-15,24,37H,16-17H2. The molecule has 2 heterocycles. The number of nitrogens with zero attached hydrogens (tertiary/aromatic N) is 6. The van der Waals surface area contributed by atoms with Crippen molar-refractivity contribution in [2.45, 2.75) is 25.6 Å². The zero-order valence-electron chi connectivity index (χ0n) is 21.0. The lowest BCUT2D eigenvalue weighted by molar-refractivity contribution is -0.386. The fourth-order valence-corrected chi connectivity index (χ4v) is 3.91. The smallest absolute Gasteiger partial charge is 0.417 e. The van der Waals surface area contributed by atoms with Gasteiger partial charge in [-0.1, -0.05) is 60.7 Å². The van der Waals surface area contributed by atoms with Crippen molar-refractivity contribution in [3.05, 3.63) is 118 Å². The zero-order valence-corrected chi connectivity index (χ0v) is 21.0. The molecule has 0 amide bonds. The Morgan fingerprint density at radius 3 is 2.20 bits per heavy atom. The predicted molar refractivity (Wildman–Crippen MR) is 137 cm³/mol. The van der Waals surface area contributed by atoms with Crippen molar-refractivity contribution >= 4 is 5.69 Å². The van der Waals surface area contributed by atoms with Gasteiger partial charge in [0.05, 0.1) is 10.5 Å². The van der Waals surface area contributed by atoms with Crippen LogP contribution in [-0.2, 0) is 13.2 Å². The number of nitro groups is 1. The highest BCUT2D eigenvalue weighted by atomic mass is 19.4. The predicted octanol–water partition coefficient (Wildman–Crippen LogP) is 5.61. The van der Waals surface area contributed by atoms with Crippen molar-refractivity contribution < 1.29 is 32.8 Å². The monoisotopic (exact) mass is 566 g/mol. The maximum absolute atomic E-state index is 13.0. The van der Waals surface area contributed by atoms with Crippen LogP contribution in [0.1, 0.15) is 17.3 Å². The third-order valence-corrected chi connectivity index (χ3v) is 5.94. The average molecular weight is 566 g/mol. The van der Waals surface area contributed by atoms with E-state index in [9.17, 15) is 28.5 Å². The van der Waals surface area contributed by atoms with Crippen LogP contribution in [-0.4, -0.2) is 41.6 Å². The third-order valence-electron chi connectivity index (χ3n) is 5.94. The molecule has 11 nitrogen and oxygen atoms in total. The summed E-state index contributed by atoms with van der Waals surface area (Å²) in [6.07, 6.45) is -3.60. The van der Waals surface area contributed by atoms with E-state index >= 15 is 0 Å². The number of benzene rings is 3. The van der Waals surface area contributed by atoms with Crippen molar-refractivity contribution in [3.8, 4) is 22.9 Å². The van der Waals surface area contributed by atoms with Crippen molar-refractivity contribution in [1.29, 1.82) is 0 Å². The Morgan fingerprint density at radius 1 is 0.976 bits per heavy atom. The minimum Gasteiger partial charge on any atom is -0.485 e. The number of nitro benzene ring substituents is 1. The van der Waals surface area contributed by atoms with E-state index in [-0.39, 0.29) is 41.2 Å². The molecule has 3 aromatic carbocycles. The Bertz CT molecular complexity index is 1590. The van der Waals surface area contributed by atoms with Crippen molar-refractivity contribution in [1.82, 2.24) is 25.3 Å². The van der Waals surface area contributed by atoms with Crippen LogP contribution in [0, 0.1) is 10.1 Å². The van der Waals surface area contributed by atoms with E-state index in [2.05, 4.69) is 15.4 Å². The first kappa shape index (κ1) is 27.3. The minimum absolute atomic E-state index is 0.0327. The highest BCUT2D eigenvalue weighted by Crippen LogP contribution is 2.42. The lowest BCUT2D eigenvalue weighted by Crippen LogP contribution is -2.30. The number of alkyl halides is 3. The van der Waals surface area contributed by atoms with Crippen molar-refractivity contribution in [3.63, 3.8) is 0 Å². The molecule has 1 atom stereocenters. The van der Waals surface area contributed by atoms with Crippen molar-refractivity contribution in [2.24, 2.45) is 0 Å². The minimum atomic E-state index is -4.66. The summed E-state index contributed by atoms with van der Waals surface area (Å²) in [5.41, 5.74) is 0.225. The summed E-state index contributed by atoms with van der Waals surface area (Å²) in [5.74, 6) is -0.156. The van der Waals surface area contributed by atoms with E-state index in [1.54, 1.807) is 0 Å². The van der Waals surface area contributed by atoms with E-state index in [0.29, 0.717) is 6.20 Å². The molecule has 41 heavy (non-hydrogen) atoms. The van der Waals surface area contributed by atoms with Gasteiger partial charge in [-0.15, -0.1) is 15.0 Å². The fourth-order valence-electron chi connectivity index (χ4n) is 3.91. The van der Waals surface area contributed by atoms with Gasteiger partial charge in [-0.25, -0.2) is 5.06 Å². The van der Waals surface area contributed by atoms with Crippen LogP contribution >= 0.6 is 0 Å². The van der Waals surface area contributed by atoms with Crippen LogP contribution in [0.3, 0.4) is 0 Å². The summed E-state index contributed by atoms with van der Waals surface area (Å²) in [6.45, 7) is 0.106. The van der Waals surface area contributed by atoms with E-state index in [1.165, 1.54) is 12.1 Å². The largest absolute Gasteiger partial charge is 0.485 e. The van der Waals surface area contributed by atoms with Gasteiger partial charge in [-0.3, -0.25) is 15.3 Å². The molecule has 4 aromatic rings. The summed E-state index contributed by atoms with van der Waals surface area (Å²) in [4.78, 5) is 12.3. The quantitative estimate of drug-likeness (QED) is 0.203. The molecule has 0 radical (unpaired) electrons. The van der Waals surface area contributed by atoms with E-state index in [1.807, 2.05) is 60.7 Å². The molecule has 1 aliphatic heterocycles. The topological polar surface area (TPSA) is 129 Å². The number of tetrazole rings is 1. The fraction of sp³-hybridized carbons (Fsp3) is 0.148. The summed E-state index contributed by atoms with van der Waals surface area (Å²) in [6, 6.07) is 20.9. The number of hydrogen-bond acceptors (Lipinski definition) is 9. The lowest BCUT2D eigenvalue weighted by Gasteiger charge is -2.25. The molecule has 210 valence electrons. The summed E-state index contributed by atoms with van der Waals surface area (Å²) in [5, 5.41) is 34.4. The van der Waals surface area contributed by atoms with E-state index in [0.717, 1.165) is 28.1 Å². The number of aromatic nitrogens is 4. The molecule has 5 rings (SSSR count). The Labute approximate surface area is 230 Å². The molecule has 1 N–H and O–H groups in total. The number of hydrogen-bond donors (Lipinski definition) is 1. The molecule has 1 unspecified atom stereocenters. The second-order valence-corrected chi connectivity index (χ2v) is 8.80. The van der Waals surface area contributed by atoms with Gasteiger partial charge in [0.15, 0.2) is 11.9 Å². The molecular weight excluding hydrogens is 545 g/mol. The van der Waals surface area contributed by atoms with Gasteiger partial charge < -0.3 is 9.47 Å². The number of hydroxylamine groups is 2. The summed E-state index contributed by atoms with van der Waals surface area (Å²) >= 11 is 0. The van der Waals surface area contributed by atoms with Gasteiger partial charge in [-0.05, 0) is 34.6 Å². The highest BCUT2D eigenvalue weighted by Gasteiger charge is 2.36. The van der Waals surface area contributed by atoms with Crippen LogP contribution in [0.15, 0.2) is 96.7 Å². The number of ether oxygens (including phenoxy) is 2. The van der Waals surface area contributed by atoms with Crippen molar-refractivity contribution in [2.75, 3.05) is 0 Å². The Balaban J connectivity index is 1.48. The molecule has 0 aliphatic carbocycles. The molecule has 1 aliphatic rings. The van der Waals surface area contributed by atoms with Crippen LogP contribution in [0.25, 0.3) is 11.4 Å². The van der Waals surface area contributed by atoms with Crippen LogP contribution < -0.4 is 9.47 Å². The molecule has 1 aromatic heterocycles. The molecule has 0 saturated carbocycles. The van der Waals surface area contributed by atoms with Gasteiger partial charge in [0.2, 0.25) is 11.6 Å². The third kappa shape index (κ3) is 6.33. The highest BCUT2D eigenvalue weighted by molar-refractivity contribution is 5.69. The molecule has 14 heteroatoms. The van der Waals surface area contributed by atoms with Gasteiger partial charge in [-0.2, -0.15) is 13.2 Å². The maximum Gasteiger partial charge on any atom is 0.417 e. The van der Waals surface area contributed by atoms with Gasteiger partial charge >= 0.3 is 11.9 Å². The second kappa shape index (κ2) is 11.5. The van der Waals surface area contributed by atoms with Gasteiger partial charge in [0, 0.05) is 17.8 Å². The van der Waals surface area contributed by atoms with E-state index < -0.39 is 28.5 Å². The normalized spacial score (nSPS) is 15.0. The molecular formula is C27H21F3N6O5. The first-order valence-electron chi connectivity index (χ1n) is 12.1. The molecule has 0 fully saturated rings. The summed E-state index contributed by atoms with van der Waals surface area (Å²) in [7, 11) is 0. The first-order chi connectivity index (χ1) is 19.7. The van der Waals surface area contributed by atoms with Gasteiger partial charge in [0.1, 0.15) is 13.2 Å². The Morgan fingerprint density at radius 2 is 1.61 bits per heavy atom. The second-order valence-electron chi connectivity index (χ2n) is 8.80.